The number of amides is 1. The van der Waals surface area contributed by atoms with Gasteiger partial charge in [0.15, 0.2) is 0 Å². The van der Waals surface area contributed by atoms with Crippen LogP contribution in [0.5, 0.6) is 0 Å². The third-order valence-electron chi connectivity index (χ3n) is 2.37. The van der Waals surface area contributed by atoms with Gasteiger partial charge in [-0.05, 0) is 19.3 Å². The zero-order chi connectivity index (χ0) is 9.84. The summed E-state index contributed by atoms with van der Waals surface area (Å²) in [6.45, 7) is 8.23. The molecule has 3 heteroatoms. The Labute approximate surface area is 79.2 Å². The Kier molecular flexibility index (Phi) is 3.48. The SMILES string of the molecule is C=CC(C)NC(=O)[C@H]1OCC[C@H]1C. The van der Waals surface area contributed by atoms with E-state index in [-0.39, 0.29) is 18.1 Å². The van der Waals surface area contributed by atoms with Gasteiger partial charge < -0.3 is 10.1 Å². The van der Waals surface area contributed by atoms with E-state index >= 15 is 0 Å². The Morgan fingerprint density at radius 2 is 2.46 bits per heavy atom. The van der Waals surface area contributed by atoms with Crippen molar-refractivity contribution >= 4 is 5.91 Å². The summed E-state index contributed by atoms with van der Waals surface area (Å²) in [4.78, 5) is 11.5. The van der Waals surface area contributed by atoms with Crippen LogP contribution in [0.2, 0.25) is 0 Å². The molecule has 0 saturated carbocycles. The first kappa shape index (κ1) is 10.3. The van der Waals surface area contributed by atoms with Crippen molar-refractivity contribution in [3.8, 4) is 0 Å². The van der Waals surface area contributed by atoms with Gasteiger partial charge in [-0.3, -0.25) is 4.79 Å². The zero-order valence-electron chi connectivity index (χ0n) is 8.25. The van der Waals surface area contributed by atoms with Gasteiger partial charge in [-0.15, -0.1) is 6.58 Å². The van der Waals surface area contributed by atoms with Gasteiger partial charge in [-0.1, -0.05) is 13.0 Å². The molecule has 0 aliphatic carbocycles. The summed E-state index contributed by atoms with van der Waals surface area (Å²) in [6.07, 6.45) is 2.42. The molecule has 1 saturated heterocycles. The maximum atomic E-state index is 11.5. The first-order chi connectivity index (χ1) is 6.15. The summed E-state index contributed by atoms with van der Waals surface area (Å²) < 4.78 is 5.33. The Hall–Kier alpha value is -0.830. The lowest BCUT2D eigenvalue weighted by molar-refractivity contribution is -0.131. The summed E-state index contributed by atoms with van der Waals surface area (Å²) in [5.74, 6) is 0.314. The van der Waals surface area contributed by atoms with Gasteiger partial charge in [0.05, 0.1) is 0 Å². The standard InChI is InChI=1S/C10H17NO2/c1-4-8(3)11-10(12)9-7(2)5-6-13-9/h4,7-9H,1,5-6H2,2-3H3,(H,11,12)/t7-,8?,9+/m1/s1. The van der Waals surface area contributed by atoms with E-state index in [2.05, 4.69) is 11.9 Å². The number of carbonyl (C=O) groups is 1. The lowest BCUT2D eigenvalue weighted by Crippen LogP contribution is -2.41. The maximum absolute atomic E-state index is 11.5. The minimum atomic E-state index is -0.262. The Morgan fingerprint density at radius 1 is 1.77 bits per heavy atom. The molecule has 13 heavy (non-hydrogen) atoms. The van der Waals surface area contributed by atoms with E-state index in [1.807, 2.05) is 13.8 Å². The fourth-order valence-corrected chi connectivity index (χ4v) is 1.40. The first-order valence-corrected chi connectivity index (χ1v) is 4.69. The normalized spacial score (nSPS) is 29.7. The number of nitrogens with one attached hydrogen (secondary N) is 1. The predicted molar refractivity (Wildman–Crippen MR) is 51.3 cm³/mol. The van der Waals surface area contributed by atoms with Crippen molar-refractivity contribution in [3.63, 3.8) is 0 Å². The molecule has 1 aliphatic rings. The number of hydrogen-bond donors (Lipinski definition) is 1. The summed E-state index contributed by atoms with van der Waals surface area (Å²) >= 11 is 0. The predicted octanol–water partition coefficient (Wildman–Crippen LogP) is 1.10. The van der Waals surface area contributed by atoms with Crippen LogP contribution in [0.4, 0.5) is 0 Å². The van der Waals surface area contributed by atoms with E-state index in [9.17, 15) is 4.79 Å². The molecule has 1 heterocycles. The van der Waals surface area contributed by atoms with Crippen molar-refractivity contribution < 1.29 is 9.53 Å². The van der Waals surface area contributed by atoms with Gasteiger partial charge in [-0.25, -0.2) is 0 Å². The molecule has 3 atom stereocenters. The molecule has 0 spiro atoms. The van der Waals surface area contributed by atoms with Gasteiger partial charge in [0.2, 0.25) is 5.91 Å². The third-order valence-corrected chi connectivity index (χ3v) is 2.37. The highest BCUT2D eigenvalue weighted by molar-refractivity contribution is 5.81. The number of rotatable bonds is 3. The molecule has 0 aromatic heterocycles. The number of hydrogen-bond acceptors (Lipinski definition) is 2. The molecular formula is C10H17NO2. The van der Waals surface area contributed by atoms with Crippen LogP contribution in [0.15, 0.2) is 12.7 Å². The summed E-state index contributed by atoms with van der Waals surface area (Å²) in [5, 5.41) is 2.82. The second kappa shape index (κ2) is 4.42. The average Bonchev–Trinajstić information content (AvgIpc) is 2.51. The maximum Gasteiger partial charge on any atom is 0.249 e. The number of ether oxygens (including phenoxy) is 1. The minimum Gasteiger partial charge on any atom is -0.368 e. The van der Waals surface area contributed by atoms with Gasteiger partial charge >= 0.3 is 0 Å². The molecule has 74 valence electrons. The fraction of sp³-hybridized carbons (Fsp3) is 0.700. The van der Waals surface area contributed by atoms with Gasteiger partial charge in [0.1, 0.15) is 6.10 Å². The van der Waals surface area contributed by atoms with E-state index in [4.69, 9.17) is 4.74 Å². The molecule has 0 aromatic rings. The van der Waals surface area contributed by atoms with Crippen LogP contribution in [0.3, 0.4) is 0 Å². The molecule has 3 nitrogen and oxygen atoms in total. The van der Waals surface area contributed by atoms with E-state index in [0.717, 1.165) is 6.42 Å². The summed E-state index contributed by atoms with van der Waals surface area (Å²) in [6, 6.07) is 0.0175. The van der Waals surface area contributed by atoms with Crippen LogP contribution in [0.25, 0.3) is 0 Å². The van der Waals surface area contributed by atoms with E-state index < -0.39 is 0 Å². The van der Waals surface area contributed by atoms with Crippen LogP contribution in [-0.2, 0) is 9.53 Å². The lowest BCUT2D eigenvalue weighted by atomic mass is 10.0. The topological polar surface area (TPSA) is 38.3 Å². The van der Waals surface area contributed by atoms with E-state index in [1.54, 1.807) is 6.08 Å². The highest BCUT2D eigenvalue weighted by Crippen LogP contribution is 2.19. The molecule has 0 aromatic carbocycles. The molecule has 0 radical (unpaired) electrons. The van der Waals surface area contributed by atoms with E-state index in [0.29, 0.717) is 12.5 Å². The van der Waals surface area contributed by atoms with Crippen molar-refractivity contribution in [2.75, 3.05) is 6.61 Å². The van der Waals surface area contributed by atoms with Crippen LogP contribution in [0, 0.1) is 5.92 Å². The van der Waals surface area contributed by atoms with Crippen molar-refractivity contribution in [1.29, 1.82) is 0 Å². The second-order valence-electron chi connectivity index (χ2n) is 3.59. The van der Waals surface area contributed by atoms with Crippen LogP contribution in [0.1, 0.15) is 20.3 Å². The van der Waals surface area contributed by atoms with Crippen LogP contribution < -0.4 is 5.32 Å². The third kappa shape index (κ3) is 2.56. The molecule has 0 bridgehead atoms. The lowest BCUT2D eigenvalue weighted by Gasteiger charge is -2.16. The van der Waals surface area contributed by atoms with Crippen molar-refractivity contribution in [1.82, 2.24) is 5.32 Å². The van der Waals surface area contributed by atoms with E-state index in [1.165, 1.54) is 0 Å². The summed E-state index contributed by atoms with van der Waals surface area (Å²) in [5.41, 5.74) is 0. The molecule has 1 aliphatic heterocycles. The number of carbonyl (C=O) groups excluding carboxylic acids is 1. The fourth-order valence-electron chi connectivity index (χ4n) is 1.40. The Bertz CT molecular complexity index is 203. The smallest absolute Gasteiger partial charge is 0.249 e. The van der Waals surface area contributed by atoms with Gasteiger partial charge in [-0.2, -0.15) is 0 Å². The zero-order valence-corrected chi connectivity index (χ0v) is 8.25. The molecule has 1 fully saturated rings. The molecule has 1 unspecified atom stereocenters. The van der Waals surface area contributed by atoms with Crippen molar-refractivity contribution in [3.05, 3.63) is 12.7 Å². The monoisotopic (exact) mass is 183 g/mol. The molecule has 1 rings (SSSR count). The van der Waals surface area contributed by atoms with Crippen molar-refractivity contribution in [2.24, 2.45) is 5.92 Å². The molecular weight excluding hydrogens is 166 g/mol. The Balaban J connectivity index is 2.42. The van der Waals surface area contributed by atoms with Gasteiger partial charge in [0.25, 0.3) is 0 Å². The molecule has 1 N–H and O–H groups in total. The first-order valence-electron chi connectivity index (χ1n) is 4.69. The molecule has 1 amide bonds. The second-order valence-corrected chi connectivity index (χ2v) is 3.59. The quantitative estimate of drug-likeness (QED) is 0.665. The van der Waals surface area contributed by atoms with Crippen LogP contribution in [-0.4, -0.2) is 24.7 Å². The van der Waals surface area contributed by atoms with Crippen molar-refractivity contribution in [2.45, 2.75) is 32.4 Å². The highest BCUT2D eigenvalue weighted by atomic mass is 16.5. The summed E-state index contributed by atoms with van der Waals surface area (Å²) in [7, 11) is 0. The van der Waals surface area contributed by atoms with Gasteiger partial charge in [0, 0.05) is 12.6 Å². The average molecular weight is 183 g/mol. The Morgan fingerprint density at radius 3 is 2.92 bits per heavy atom. The van der Waals surface area contributed by atoms with Crippen LogP contribution >= 0.6 is 0 Å². The largest absolute Gasteiger partial charge is 0.368 e. The minimum absolute atomic E-state index is 0.0163. The highest BCUT2D eigenvalue weighted by Gasteiger charge is 2.30.